The SMILES string of the molecule is CC(=O)O.O.O.[Cu]. The molecule has 1 radical (unpaired) electrons. The van der Waals surface area contributed by atoms with Gasteiger partial charge in [0.2, 0.25) is 0 Å². The van der Waals surface area contributed by atoms with Crippen LogP contribution < -0.4 is 0 Å². The van der Waals surface area contributed by atoms with Crippen molar-refractivity contribution in [3.63, 3.8) is 0 Å². The van der Waals surface area contributed by atoms with E-state index in [9.17, 15) is 0 Å². The molecule has 51 valence electrons. The summed E-state index contributed by atoms with van der Waals surface area (Å²) in [4.78, 5) is 9.00. The summed E-state index contributed by atoms with van der Waals surface area (Å²) in [7, 11) is 0. The van der Waals surface area contributed by atoms with Crippen molar-refractivity contribution in [3.05, 3.63) is 0 Å². The Kier molecular flexibility index (Phi) is 68.5. The molecule has 0 heterocycles. The van der Waals surface area contributed by atoms with Crippen molar-refractivity contribution in [3.8, 4) is 0 Å². The first kappa shape index (κ1) is 28.5. The predicted molar refractivity (Wildman–Crippen MR) is 20.5 cm³/mol. The van der Waals surface area contributed by atoms with Gasteiger partial charge < -0.3 is 16.1 Å². The van der Waals surface area contributed by atoms with Crippen molar-refractivity contribution >= 4 is 5.97 Å². The fourth-order valence-electron chi connectivity index (χ4n) is 0. The van der Waals surface area contributed by atoms with E-state index in [-0.39, 0.29) is 28.0 Å². The maximum Gasteiger partial charge on any atom is 0.300 e. The van der Waals surface area contributed by atoms with Gasteiger partial charge in [0.1, 0.15) is 0 Å². The van der Waals surface area contributed by atoms with E-state index in [4.69, 9.17) is 9.90 Å². The van der Waals surface area contributed by atoms with Gasteiger partial charge in [0.15, 0.2) is 0 Å². The van der Waals surface area contributed by atoms with E-state index in [1.165, 1.54) is 0 Å². The Balaban J connectivity index is -0.0000000150. The molecule has 0 aromatic rings. The van der Waals surface area contributed by atoms with Crippen LogP contribution in [0.5, 0.6) is 0 Å². The number of carbonyl (C=O) groups is 1. The summed E-state index contributed by atoms with van der Waals surface area (Å²) in [6, 6.07) is 0. The monoisotopic (exact) mass is 159 g/mol. The van der Waals surface area contributed by atoms with Crippen LogP contribution in [0.15, 0.2) is 0 Å². The maximum atomic E-state index is 9.00. The van der Waals surface area contributed by atoms with Gasteiger partial charge in [0.25, 0.3) is 5.97 Å². The van der Waals surface area contributed by atoms with Crippen LogP contribution in [0.25, 0.3) is 0 Å². The molecule has 0 fully saturated rings. The molecule has 0 aromatic heterocycles. The third-order valence-corrected chi connectivity index (χ3v) is 0. The van der Waals surface area contributed by atoms with Crippen molar-refractivity contribution < 1.29 is 37.9 Å². The topological polar surface area (TPSA) is 100 Å². The molecule has 0 aliphatic carbocycles. The van der Waals surface area contributed by atoms with Crippen LogP contribution in [0, 0.1) is 0 Å². The van der Waals surface area contributed by atoms with Gasteiger partial charge >= 0.3 is 0 Å². The Hall–Kier alpha value is -0.0905. The van der Waals surface area contributed by atoms with Crippen molar-refractivity contribution in [1.29, 1.82) is 0 Å². The van der Waals surface area contributed by atoms with Gasteiger partial charge in [-0.15, -0.1) is 0 Å². The summed E-state index contributed by atoms with van der Waals surface area (Å²) in [5, 5.41) is 7.42. The summed E-state index contributed by atoms with van der Waals surface area (Å²) in [5.41, 5.74) is 0. The Morgan fingerprint density at radius 2 is 1.43 bits per heavy atom. The molecule has 0 rings (SSSR count). The van der Waals surface area contributed by atoms with Crippen molar-refractivity contribution in [2.75, 3.05) is 0 Å². The minimum atomic E-state index is -0.833. The maximum absolute atomic E-state index is 9.00. The first-order valence-corrected chi connectivity index (χ1v) is 0.928. The van der Waals surface area contributed by atoms with E-state index in [1.54, 1.807) is 0 Å². The van der Waals surface area contributed by atoms with E-state index in [1.807, 2.05) is 0 Å². The zero-order chi connectivity index (χ0) is 3.58. The zero-order valence-electron chi connectivity index (χ0n) is 3.66. The van der Waals surface area contributed by atoms with Gasteiger partial charge in [-0.1, -0.05) is 0 Å². The zero-order valence-corrected chi connectivity index (χ0v) is 4.60. The quantitative estimate of drug-likeness (QED) is 0.432. The summed E-state index contributed by atoms with van der Waals surface area (Å²) in [5.74, 6) is -0.833. The number of hydrogen-bond acceptors (Lipinski definition) is 1. The van der Waals surface area contributed by atoms with Crippen LogP contribution in [0.1, 0.15) is 6.92 Å². The average Bonchev–Trinajstić information content (AvgIpc) is 0.811. The molecular formula is C2H8CuO4. The van der Waals surface area contributed by atoms with E-state index in [2.05, 4.69) is 0 Å². The third kappa shape index (κ3) is 11000. The molecule has 0 saturated carbocycles. The molecule has 4 nitrogen and oxygen atoms in total. The van der Waals surface area contributed by atoms with Crippen molar-refractivity contribution in [2.24, 2.45) is 0 Å². The van der Waals surface area contributed by atoms with Crippen molar-refractivity contribution in [2.45, 2.75) is 6.92 Å². The standard InChI is InChI=1S/C2H4O2.Cu.2H2O/c1-2(3)4;;;/h1H3,(H,3,4);;2*1H2. The van der Waals surface area contributed by atoms with Crippen LogP contribution in [0.3, 0.4) is 0 Å². The first-order chi connectivity index (χ1) is 1.73. The van der Waals surface area contributed by atoms with E-state index >= 15 is 0 Å². The van der Waals surface area contributed by atoms with Gasteiger partial charge in [-0.25, -0.2) is 0 Å². The Morgan fingerprint density at radius 1 is 1.43 bits per heavy atom. The Morgan fingerprint density at radius 3 is 1.43 bits per heavy atom. The minimum absolute atomic E-state index is 0. The second-order valence-electron chi connectivity index (χ2n) is 0.519. The molecule has 0 aliphatic rings. The molecule has 0 aromatic carbocycles. The van der Waals surface area contributed by atoms with Gasteiger partial charge in [0, 0.05) is 24.0 Å². The molecule has 5 heteroatoms. The average molecular weight is 160 g/mol. The summed E-state index contributed by atoms with van der Waals surface area (Å²) >= 11 is 0. The number of aliphatic carboxylic acids is 1. The van der Waals surface area contributed by atoms with Crippen LogP contribution in [0.2, 0.25) is 0 Å². The van der Waals surface area contributed by atoms with E-state index in [0.717, 1.165) is 6.92 Å². The first-order valence-electron chi connectivity index (χ1n) is 0.928. The van der Waals surface area contributed by atoms with E-state index in [0.29, 0.717) is 0 Å². The van der Waals surface area contributed by atoms with Crippen LogP contribution >= 0.6 is 0 Å². The van der Waals surface area contributed by atoms with Crippen LogP contribution in [-0.2, 0) is 21.9 Å². The molecule has 0 spiro atoms. The Labute approximate surface area is 51.6 Å². The van der Waals surface area contributed by atoms with Gasteiger partial charge in [-0.05, 0) is 0 Å². The molecule has 0 amide bonds. The van der Waals surface area contributed by atoms with Gasteiger partial charge in [0.05, 0.1) is 0 Å². The van der Waals surface area contributed by atoms with Crippen LogP contribution in [-0.4, -0.2) is 22.0 Å². The normalized spacial score (nSPS) is 3.57. The van der Waals surface area contributed by atoms with E-state index < -0.39 is 5.97 Å². The molecule has 0 unspecified atom stereocenters. The second-order valence-corrected chi connectivity index (χ2v) is 0.519. The summed E-state index contributed by atoms with van der Waals surface area (Å²) in [6.07, 6.45) is 0. The Bertz CT molecular complexity index is 32.7. The molecule has 0 bridgehead atoms. The molecule has 0 saturated heterocycles. The molecule has 7 heavy (non-hydrogen) atoms. The predicted octanol–water partition coefficient (Wildman–Crippen LogP) is -1.56. The summed E-state index contributed by atoms with van der Waals surface area (Å²) in [6.45, 7) is 1.08. The molecule has 0 atom stereocenters. The number of rotatable bonds is 0. The van der Waals surface area contributed by atoms with Gasteiger partial charge in [-0.2, -0.15) is 0 Å². The minimum Gasteiger partial charge on any atom is -0.481 e. The fourth-order valence-corrected chi connectivity index (χ4v) is 0. The second kappa shape index (κ2) is 16.8. The summed E-state index contributed by atoms with van der Waals surface area (Å²) < 4.78 is 0. The smallest absolute Gasteiger partial charge is 0.300 e. The van der Waals surface area contributed by atoms with Crippen LogP contribution in [0.4, 0.5) is 0 Å². The molecule has 5 N–H and O–H groups in total. The molecule has 0 aliphatic heterocycles. The van der Waals surface area contributed by atoms with Crippen molar-refractivity contribution in [1.82, 2.24) is 0 Å². The van der Waals surface area contributed by atoms with Gasteiger partial charge in [-0.3, -0.25) is 4.79 Å². The third-order valence-electron chi connectivity index (χ3n) is 0. The fraction of sp³-hybridized carbons (Fsp3) is 0.500. The largest absolute Gasteiger partial charge is 0.481 e. The number of hydrogen-bond donors (Lipinski definition) is 1. The number of carboxylic acids is 1. The molecular weight excluding hydrogens is 152 g/mol. The number of carboxylic acid groups (broad SMARTS) is 1.